The highest BCUT2D eigenvalue weighted by Crippen LogP contribution is 2.23. The van der Waals surface area contributed by atoms with Crippen LogP contribution in [0.2, 0.25) is 0 Å². The van der Waals surface area contributed by atoms with Crippen LogP contribution < -0.4 is 10.1 Å². The number of halogens is 1. The molecule has 0 radical (unpaired) electrons. The predicted molar refractivity (Wildman–Crippen MR) is 85.1 cm³/mol. The summed E-state index contributed by atoms with van der Waals surface area (Å²) in [6.07, 6.45) is 1.95. The fourth-order valence-corrected chi connectivity index (χ4v) is 1.94. The molecule has 0 spiro atoms. The minimum Gasteiger partial charge on any atom is -0.491 e. The van der Waals surface area contributed by atoms with Gasteiger partial charge in [-0.15, -0.1) is 11.6 Å². The summed E-state index contributed by atoms with van der Waals surface area (Å²) in [5.41, 5.74) is 1.85. The molecule has 21 heavy (non-hydrogen) atoms. The lowest BCUT2D eigenvalue weighted by atomic mass is 10.2. The first-order valence-corrected chi connectivity index (χ1v) is 7.42. The molecule has 0 fully saturated rings. The van der Waals surface area contributed by atoms with Gasteiger partial charge in [-0.2, -0.15) is 0 Å². The number of nitrogens with zero attached hydrogens (tertiary/aromatic N) is 1. The Morgan fingerprint density at radius 2 is 2.00 bits per heavy atom. The lowest BCUT2D eigenvalue weighted by molar-refractivity contribution is 0.211. The highest BCUT2D eigenvalue weighted by atomic mass is 35.5. The van der Waals surface area contributed by atoms with Crippen molar-refractivity contribution in [2.75, 3.05) is 24.3 Å². The lowest BCUT2D eigenvalue weighted by Gasteiger charge is -2.14. The minimum atomic E-state index is -0.576. The molecule has 4 nitrogen and oxygen atoms in total. The van der Waals surface area contributed by atoms with E-state index < -0.39 is 6.10 Å². The molecular formula is C16H19ClN2O2. The number of para-hydroxylation sites is 2. The molecule has 1 unspecified atom stereocenters. The molecule has 0 aliphatic rings. The molecule has 0 aliphatic carbocycles. The van der Waals surface area contributed by atoms with Gasteiger partial charge in [0.1, 0.15) is 5.75 Å². The summed E-state index contributed by atoms with van der Waals surface area (Å²) in [6.45, 7) is 0.942. The summed E-state index contributed by atoms with van der Waals surface area (Å²) in [7, 11) is 0. The summed E-state index contributed by atoms with van der Waals surface area (Å²) in [5, 5.41) is 12.6. The van der Waals surface area contributed by atoms with E-state index in [0.717, 1.165) is 23.6 Å². The van der Waals surface area contributed by atoms with Gasteiger partial charge in [-0.25, -0.2) is 0 Å². The number of pyridine rings is 1. The summed E-state index contributed by atoms with van der Waals surface area (Å²) < 4.78 is 5.79. The Labute approximate surface area is 129 Å². The first kappa shape index (κ1) is 15.6. The van der Waals surface area contributed by atoms with Crippen LogP contribution in [-0.4, -0.2) is 35.2 Å². The Morgan fingerprint density at radius 1 is 1.19 bits per heavy atom. The van der Waals surface area contributed by atoms with Crippen LogP contribution >= 0.6 is 11.6 Å². The number of aromatic nitrogens is 1. The number of nitrogens with one attached hydrogen (secondary N) is 1. The second-order valence-corrected chi connectivity index (χ2v) is 4.91. The highest BCUT2D eigenvalue weighted by molar-refractivity contribution is 6.18. The van der Waals surface area contributed by atoms with E-state index in [0.29, 0.717) is 13.2 Å². The molecule has 112 valence electrons. The number of alkyl halides is 1. The van der Waals surface area contributed by atoms with Crippen LogP contribution in [0.5, 0.6) is 5.75 Å². The van der Waals surface area contributed by atoms with Gasteiger partial charge in [0.15, 0.2) is 0 Å². The normalized spacial score (nSPS) is 11.9. The predicted octanol–water partition coefficient (Wildman–Crippen LogP) is 2.71. The Bertz CT molecular complexity index is 537. The van der Waals surface area contributed by atoms with Crippen LogP contribution in [0.4, 0.5) is 5.69 Å². The number of aliphatic hydroxyl groups excluding tert-OH is 1. The van der Waals surface area contributed by atoms with E-state index in [4.69, 9.17) is 16.3 Å². The Balaban J connectivity index is 1.87. The summed E-state index contributed by atoms with van der Waals surface area (Å²) in [4.78, 5) is 4.26. The third-order valence-electron chi connectivity index (χ3n) is 2.94. The van der Waals surface area contributed by atoms with Gasteiger partial charge >= 0.3 is 0 Å². The Hall–Kier alpha value is -1.78. The third kappa shape index (κ3) is 5.25. The zero-order valence-corrected chi connectivity index (χ0v) is 12.5. The zero-order valence-electron chi connectivity index (χ0n) is 11.7. The van der Waals surface area contributed by atoms with Crippen molar-refractivity contribution in [3.05, 3.63) is 54.4 Å². The van der Waals surface area contributed by atoms with Crippen molar-refractivity contribution in [1.29, 1.82) is 0 Å². The van der Waals surface area contributed by atoms with Crippen LogP contribution in [0, 0.1) is 0 Å². The first-order chi connectivity index (χ1) is 10.3. The number of anilines is 1. The molecule has 2 rings (SSSR count). The van der Waals surface area contributed by atoms with Crippen molar-refractivity contribution in [2.24, 2.45) is 0 Å². The van der Waals surface area contributed by atoms with Crippen LogP contribution in [-0.2, 0) is 6.42 Å². The fraction of sp³-hybridized carbons (Fsp3) is 0.312. The van der Waals surface area contributed by atoms with Crippen LogP contribution in [0.15, 0.2) is 48.7 Å². The molecule has 1 atom stereocenters. The SMILES string of the molecule is OC(CCl)CNc1ccccc1OCCc1ccccn1. The van der Waals surface area contributed by atoms with Crippen molar-refractivity contribution < 1.29 is 9.84 Å². The van der Waals surface area contributed by atoms with Crippen molar-refractivity contribution in [3.8, 4) is 5.75 Å². The van der Waals surface area contributed by atoms with E-state index in [1.165, 1.54) is 0 Å². The zero-order chi connectivity index (χ0) is 14.9. The molecule has 1 aromatic carbocycles. The topological polar surface area (TPSA) is 54.4 Å². The average molecular weight is 307 g/mol. The molecule has 1 aromatic heterocycles. The number of benzene rings is 1. The molecule has 2 N–H and O–H groups in total. The maximum Gasteiger partial charge on any atom is 0.142 e. The second-order valence-electron chi connectivity index (χ2n) is 4.60. The summed E-state index contributed by atoms with van der Waals surface area (Å²) in [6, 6.07) is 13.5. The maximum absolute atomic E-state index is 9.49. The molecule has 2 aromatic rings. The second kappa shape index (κ2) is 8.49. The van der Waals surface area contributed by atoms with Crippen molar-refractivity contribution in [3.63, 3.8) is 0 Å². The van der Waals surface area contributed by atoms with Crippen LogP contribution in [0.3, 0.4) is 0 Å². The minimum absolute atomic E-state index is 0.204. The van der Waals surface area contributed by atoms with Gasteiger partial charge < -0.3 is 15.2 Å². The lowest BCUT2D eigenvalue weighted by Crippen LogP contribution is -2.21. The molecular weight excluding hydrogens is 288 g/mol. The van der Waals surface area contributed by atoms with E-state index in [2.05, 4.69) is 10.3 Å². The van der Waals surface area contributed by atoms with Crippen LogP contribution in [0.25, 0.3) is 0 Å². The van der Waals surface area contributed by atoms with Gasteiger partial charge in [-0.1, -0.05) is 18.2 Å². The number of hydrogen-bond donors (Lipinski definition) is 2. The molecule has 1 heterocycles. The molecule has 0 aliphatic heterocycles. The summed E-state index contributed by atoms with van der Waals surface area (Å²) >= 11 is 5.58. The standard InChI is InChI=1S/C16H19ClN2O2/c17-11-14(20)12-19-15-6-1-2-7-16(15)21-10-8-13-5-3-4-9-18-13/h1-7,9,14,19-20H,8,10-12H2. The molecule has 0 amide bonds. The quantitative estimate of drug-likeness (QED) is 0.736. The molecule has 0 bridgehead atoms. The highest BCUT2D eigenvalue weighted by Gasteiger charge is 2.06. The van der Waals surface area contributed by atoms with Gasteiger partial charge in [0, 0.05) is 24.9 Å². The number of hydrogen-bond acceptors (Lipinski definition) is 4. The van der Waals surface area contributed by atoms with Crippen molar-refractivity contribution >= 4 is 17.3 Å². The Morgan fingerprint density at radius 3 is 2.76 bits per heavy atom. The smallest absolute Gasteiger partial charge is 0.142 e. The van der Waals surface area contributed by atoms with Gasteiger partial charge in [0.25, 0.3) is 0 Å². The monoisotopic (exact) mass is 306 g/mol. The number of ether oxygens (including phenoxy) is 1. The summed E-state index contributed by atoms with van der Waals surface area (Å²) in [5.74, 6) is 0.964. The first-order valence-electron chi connectivity index (χ1n) is 6.89. The third-order valence-corrected chi connectivity index (χ3v) is 3.29. The number of aliphatic hydroxyl groups is 1. The van der Waals surface area contributed by atoms with E-state index in [9.17, 15) is 5.11 Å². The largest absolute Gasteiger partial charge is 0.491 e. The van der Waals surface area contributed by atoms with Gasteiger partial charge in [-0.3, -0.25) is 4.98 Å². The van der Waals surface area contributed by atoms with E-state index >= 15 is 0 Å². The average Bonchev–Trinajstić information content (AvgIpc) is 2.54. The van der Waals surface area contributed by atoms with Crippen molar-refractivity contribution in [2.45, 2.75) is 12.5 Å². The van der Waals surface area contributed by atoms with Crippen molar-refractivity contribution in [1.82, 2.24) is 4.98 Å². The Kier molecular flexibility index (Phi) is 6.31. The number of rotatable bonds is 8. The van der Waals surface area contributed by atoms with Gasteiger partial charge in [0.2, 0.25) is 0 Å². The maximum atomic E-state index is 9.49. The van der Waals surface area contributed by atoms with E-state index in [-0.39, 0.29) is 5.88 Å². The van der Waals surface area contributed by atoms with E-state index in [1.54, 1.807) is 6.20 Å². The molecule has 0 saturated heterocycles. The van der Waals surface area contributed by atoms with Gasteiger partial charge in [-0.05, 0) is 24.3 Å². The van der Waals surface area contributed by atoms with Crippen LogP contribution in [0.1, 0.15) is 5.69 Å². The fourth-order valence-electron chi connectivity index (χ4n) is 1.83. The van der Waals surface area contributed by atoms with Gasteiger partial charge in [0.05, 0.1) is 24.3 Å². The molecule has 0 saturated carbocycles. The molecule has 5 heteroatoms. The van der Waals surface area contributed by atoms with E-state index in [1.807, 2.05) is 42.5 Å².